The largest absolute Gasteiger partial charge is 0.376 e. The molecule has 1 aliphatic heterocycles. The predicted molar refractivity (Wildman–Crippen MR) is 73.4 cm³/mol. The zero-order valence-electron chi connectivity index (χ0n) is 9.21. The summed E-state index contributed by atoms with van der Waals surface area (Å²) in [5, 5.41) is 4.30. The molecule has 1 heterocycles. The first-order chi connectivity index (χ1) is 7.76. The predicted octanol–water partition coefficient (Wildman–Crippen LogP) is 2.98. The van der Waals surface area contributed by atoms with Crippen molar-refractivity contribution in [2.24, 2.45) is 5.73 Å². The van der Waals surface area contributed by atoms with Crippen molar-refractivity contribution in [3.05, 3.63) is 29.3 Å². The van der Waals surface area contributed by atoms with Gasteiger partial charge in [0.2, 0.25) is 0 Å². The van der Waals surface area contributed by atoms with Gasteiger partial charge >= 0.3 is 0 Å². The second-order valence-corrected chi connectivity index (χ2v) is 5.76. The molecule has 88 valence electrons. The van der Waals surface area contributed by atoms with Gasteiger partial charge in [0.05, 0.1) is 16.2 Å². The van der Waals surface area contributed by atoms with E-state index >= 15 is 0 Å². The van der Waals surface area contributed by atoms with E-state index in [1.54, 1.807) is 0 Å². The zero-order valence-corrected chi connectivity index (χ0v) is 10.8. The number of anilines is 1. The van der Waals surface area contributed by atoms with Crippen molar-refractivity contribution < 1.29 is 0 Å². The summed E-state index contributed by atoms with van der Waals surface area (Å²) in [5.41, 5.74) is 6.94. The summed E-state index contributed by atoms with van der Waals surface area (Å²) in [6.45, 7) is 0.658. The molecule has 1 atom stereocenters. The first-order valence-corrected chi connectivity index (χ1v) is 7.10. The molecule has 0 amide bonds. The quantitative estimate of drug-likeness (QED) is 0.873. The van der Waals surface area contributed by atoms with Gasteiger partial charge in [-0.15, -0.1) is 0 Å². The lowest BCUT2D eigenvalue weighted by Crippen LogP contribution is -2.49. The molecule has 3 N–H and O–H groups in total. The number of benzene rings is 1. The van der Waals surface area contributed by atoms with E-state index in [1.165, 1.54) is 12.2 Å². The fourth-order valence-electron chi connectivity index (χ4n) is 2.01. The molecule has 1 aromatic rings. The summed E-state index contributed by atoms with van der Waals surface area (Å²) in [5.74, 6) is 2.31. The first-order valence-electron chi connectivity index (χ1n) is 5.56. The van der Waals surface area contributed by atoms with Crippen LogP contribution >= 0.6 is 23.4 Å². The Morgan fingerprint density at radius 3 is 2.88 bits per heavy atom. The maximum Gasteiger partial charge on any atom is 0.0637 e. The van der Waals surface area contributed by atoms with Gasteiger partial charge in [0, 0.05) is 12.3 Å². The minimum atomic E-state index is 0.0217. The molecule has 1 fully saturated rings. The van der Waals surface area contributed by atoms with Gasteiger partial charge in [-0.1, -0.05) is 23.7 Å². The maximum atomic E-state index is 6.15. The molecule has 1 aromatic carbocycles. The number of hydrogen-bond donors (Lipinski definition) is 2. The fraction of sp³-hybridized carbons (Fsp3) is 0.500. The van der Waals surface area contributed by atoms with Crippen molar-refractivity contribution in [3.63, 3.8) is 0 Å². The molecule has 0 spiro atoms. The average molecular weight is 257 g/mol. The molecular formula is C12H17ClN2S. The Hall–Kier alpha value is -0.380. The van der Waals surface area contributed by atoms with E-state index in [9.17, 15) is 0 Å². The van der Waals surface area contributed by atoms with Crippen LogP contribution in [0.15, 0.2) is 24.3 Å². The standard InChI is InChI=1S/C12H17ClN2S/c13-10-4-1-2-5-11(10)15-12(8-14)6-3-7-16-9-12/h1-2,4-5,15H,3,6-9,14H2. The molecule has 1 saturated heterocycles. The second-order valence-electron chi connectivity index (χ2n) is 4.25. The van der Waals surface area contributed by atoms with Gasteiger partial charge in [0.25, 0.3) is 0 Å². The van der Waals surface area contributed by atoms with Crippen LogP contribution < -0.4 is 11.1 Å². The monoisotopic (exact) mass is 256 g/mol. The Bertz CT molecular complexity index is 351. The van der Waals surface area contributed by atoms with Crippen LogP contribution in [0.25, 0.3) is 0 Å². The van der Waals surface area contributed by atoms with E-state index in [-0.39, 0.29) is 5.54 Å². The summed E-state index contributed by atoms with van der Waals surface area (Å²) in [6.07, 6.45) is 2.35. The van der Waals surface area contributed by atoms with Crippen molar-refractivity contribution in [3.8, 4) is 0 Å². The van der Waals surface area contributed by atoms with Gasteiger partial charge in [-0.3, -0.25) is 0 Å². The number of rotatable bonds is 3. The Kier molecular flexibility index (Phi) is 4.00. The first kappa shape index (κ1) is 12.1. The lowest BCUT2D eigenvalue weighted by molar-refractivity contribution is 0.476. The zero-order chi connectivity index (χ0) is 11.4. The van der Waals surface area contributed by atoms with Crippen molar-refractivity contribution in [1.82, 2.24) is 0 Å². The number of nitrogens with one attached hydrogen (secondary N) is 1. The van der Waals surface area contributed by atoms with Crippen LogP contribution in [0.2, 0.25) is 5.02 Å². The molecule has 0 aliphatic carbocycles. The van der Waals surface area contributed by atoms with Crippen molar-refractivity contribution in [2.45, 2.75) is 18.4 Å². The van der Waals surface area contributed by atoms with E-state index in [2.05, 4.69) is 5.32 Å². The minimum absolute atomic E-state index is 0.0217. The third kappa shape index (κ3) is 2.65. The summed E-state index contributed by atoms with van der Waals surface area (Å²) < 4.78 is 0. The van der Waals surface area contributed by atoms with E-state index in [1.807, 2.05) is 36.0 Å². The molecule has 0 aromatic heterocycles. The van der Waals surface area contributed by atoms with Crippen LogP contribution in [0.4, 0.5) is 5.69 Å². The molecule has 1 unspecified atom stereocenters. The van der Waals surface area contributed by atoms with Crippen LogP contribution in [0.3, 0.4) is 0 Å². The highest BCUT2D eigenvalue weighted by Crippen LogP contribution is 2.32. The molecule has 0 bridgehead atoms. The average Bonchev–Trinajstić information content (AvgIpc) is 2.33. The van der Waals surface area contributed by atoms with Gasteiger partial charge in [0.15, 0.2) is 0 Å². The van der Waals surface area contributed by atoms with Crippen molar-refractivity contribution >= 4 is 29.1 Å². The number of para-hydroxylation sites is 1. The Morgan fingerprint density at radius 2 is 2.25 bits per heavy atom. The third-order valence-corrected chi connectivity index (χ3v) is 4.65. The topological polar surface area (TPSA) is 38.0 Å². The number of halogens is 1. The molecule has 0 radical (unpaired) electrons. The van der Waals surface area contributed by atoms with Gasteiger partial charge in [0.1, 0.15) is 0 Å². The SMILES string of the molecule is NCC1(Nc2ccccc2Cl)CCCSC1. The Morgan fingerprint density at radius 1 is 1.44 bits per heavy atom. The molecule has 1 aliphatic rings. The van der Waals surface area contributed by atoms with Gasteiger partial charge in [-0.2, -0.15) is 11.8 Å². The highest BCUT2D eigenvalue weighted by molar-refractivity contribution is 7.99. The van der Waals surface area contributed by atoms with Crippen LogP contribution in [0.1, 0.15) is 12.8 Å². The molecular weight excluding hydrogens is 240 g/mol. The fourth-order valence-corrected chi connectivity index (χ4v) is 3.41. The molecule has 4 heteroatoms. The van der Waals surface area contributed by atoms with E-state index < -0.39 is 0 Å². The number of hydrogen-bond acceptors (Lipinski definition) is 3. The highest BCUT2D eigenvalue weighted by atomic mass is 35.5. The van der Waals surface area contributed by atoms with E-state index in [0.717, 1.165) is 22.9 Å². The van der Waals surface area contributed by atoms with E-state index in [4.69, 9.17) is 17.3 Å². The van der Waals surface area contributed by atoms with Gasteiger partial charge in [-0.25, -0.2) is 0 Å². The third-order valence-electron chi connectivity index (χ3n) is 2.99. The van der Waals surface area contributed by atoms with Crippen molar-refractivity contribution in [2.75, 3.05) is 23.4 Å². The second kappa shape index (κ2) is 5.30. The summed E-state index contributed by atoms with van der Waals surface area (Å²) in [4.78, 5) is 0. The molecule has 2 rings (SSSR count). The van der Waals surface area contributed by atoms with Crippen LogP contribution in [-0.4, -0.2) is 23.6 Å². The van der Waals surface area contributed by atoms with Crippen molar-refractivity contribution in [1.29, 1.82) is 0 Å². The van der Waals surface area contributed by atoms with Gasteiger partial charge in [-0.05, 0) is 30.7 Å². The lowest BCUT2D eigenvalue weighted by atomic mass is 9.95. The summed E-state index contributed by atoms with van der Waals surface area (Å²) >= 11 is 8.12. The number of nitrogens with two attached hydrogens (primary N) is 1. The number of thioether (sulfide) groups is 1. The van der Waals surface area contributed by atoms with Gasteiger partial charge < -0.3 is 11.1 Å². The molecule has 0 saturated carbocycles. The Labute approximate surface area is 106 Å². The normalized spacial score (nSPS) is 25.4. The lowest BCUT2D eigenvalue weighted by Gasteiger charge is -2.37. The summed E-state index contributed by atoms with van der Waals surface area (Å²) in [6, 6.07) is 7.86. The van der Waals surface area contributed by atoms with E-state index in [0.29, 0.717) is 6.54 Å². The smallest absolute Gasteiger partial charge is 0.0637 e. The van der Waals surface area contributed by atoms with Crippen LogP contribution in [0.5, 0.6) is 0 Å². The molecule has 2 nitrogen and oxygen atoms in total. The molecule has 16 heavy (non-hydrogen) atoms. The minimum Gasteiger partial charge on any atom is -0.376 e. The summed E-state index contributed by atoms with van der Waals surface area (Å²) in [7, 11) is 0. The Balaban J connectivity index is 2.15. The van der Waals surface area contributed by atoms with Crippen LogP contribution in [0, 0.1) is 0 Å². The highest BCUT2D eigenvalue weighted by Gasteiger charge is 2.31. The van der Waals surface area contributed by atoms with Crippen LogP contribution in [-0.2, 0) is 0 Å². The maximum absolute atomic E-state index is 6.15.